The third-order valence-corrected chi connectivity index (χ3v) is 11.1. The number of nitrogens with zero attached hydrogens (tertiary/aromatic N) is 2. The minimum absolute atomic E-state index is 0.00236. The summed E-state index contributed by atoms with van der Waals surface area (Å²) >= 11 is 18.6. The first-order chi connectivity index (χ1) is 22.6. The molecule has 4 aromatic rings. The summed E-state index contributed by atoms with van der Waals surface area (Å²) in [4.78, 5) is 30.2. The van der Waals surface area contributed by atoms with Gasteiger partial charge in [0, 0.05) is 24.0 Å². The summed E-state index contributed by atoms with van der Waals surface area (Å²) in [6, 6.07) is 27.8. The first-order valence-electron chi connectivity index (χ1n) is 15.5. The van der Waals surface area contributed by atoms with E-state index >= 15 is 0 Å². The summed E-state index contributed by atoms with van der Waals surface area (Å²) in [5, 5.41) is 4.24. The highest BCUT2D eigenvalue weighted by Crippen LogP contribution is 2.28. The molecule has 1 aliphatic rings. The van der Waals surface area contributed by atoms with E-state index in [4.69, 9.17) is 34.8 Å². The van der Waals surface area contributed by atoms with Crippen LogP contribution in [0, 0.1) is 0 Å². The molecule has 4 aromatic carbocycles. The van der Waals surface area contributed by atoms with Crippen molar-refractivity contribution in [3.8, 4) is 0 Å². The number of rotatable bonds is 12. The number of hydrogen-bond acceptors (Lipinski definition) is 4. The number of amides is 2. The second kappa shape index (κ2) is 16.0. The van der Waals surface area contributed by atoms with E-state index < -0.39 is 28.5 Å². The zero-order valence-corrected chi connectivity index (χ0v) is 28.8. The number of benzene rings is 4. The highest BCUT2D eigenvalue weighted by atomic mass is 35.5. The molecule has 0 aliphatic heterocycles. The average Bonchev–Trinajstić information content (AvgIpc) is 3.08. The number of halogens is 3. The van der Waals surface area contributed by atoms with Gasteiger partial charge in [0.25, 0.3) is 10.0 Å². The number of nitrogens with one attached hydrogen (secondary N) is 1. The lowest BCUT2D eigenvalue weighted by Gasteiger charge is -2.35. The standard InChI is InChI=1S/C36H36Cl3N3O4S/c37-28-17-19-31(20-18-28)47(45,46)42(30-14-8-3-9-15-30)25-35(43)41(24-27-16-21-32(38)33(39)22-27)34(23-26-10-4-1-5-11-26)36(44)40-29-12-6-2-7-13-29/h1,3-5,8-11,14-22,29,34H,2,6-7,12-13,23-25H2,(H,40,44)/t34-/m0/s1. The van der Waals surface area contributed by atoms with Crippen molar-refractivity contribution in [1.29, 1.82) is 0 Å². The second-order valence-corrected chi connectivity index (χ2v) is 14.7. The van der Waals surface area contributed by atoms with Crippen molar-refractivity contribution in [3.63, 3.8) is 0 Å². The Morgan fingerprint density at radius 1 is 0.766 bits per heavy atom. The van der Waals surface area contributed by atoms with E-state index in [9.17, 15) is 18.0 Å². The van der Waals surface area contributed by atoms with Crippen LogP contribution in [0.3, 0.4) is 0 Å². The fourth-order valence-corrected chi connectivity index (χ4v) is 7.65. The van der Waals surface area contributed by atoms with Crippen LogP contribution in [0.15, 0.2) is 108 Å². The van der Waals surface area contributed by atoms with Gasteiger partial charge in [-0.05, 0) is 72.5 Å². The maximum absolute atomic E-state index is 14.6. The topological polar surface area (TPSA) is 86.8 Å². The smallest absolute Gasteiger partial charge is 0.264 e. The van der Waals surface area contributed by atoms with Crippen LogP contribution < -0.4 is 9.62 Å². The minimum Gasteiger partial charge on any atom is -0.352 e. The number of para-hydroxylation sites is 1. The number of sulfonamides is 1. The maximum atomic E-state index is 14.6. The van der Waals surface area contributed by atoms with E-state index in [1.165, 1.54) is 29.2 Å². The van der Waals surface area contributed by atoms with Gasteiger partial charge in [-0.15, -0.1) is 0 Å². The van der Waals surface area contributed by atoms with E-state index in [1.54, 1.807) is 48.5 Å². The van der Waals surface area contributed by atoms with Gasteiger partial charge in [0.1, 0.15) is 12.6 Å². The zero-order valence-electron chi connectivity index (χ0n) is 25.7. The molecule has 7 nitrogen and oxygen atoms in total. The van der Waals surface area contributed by atoms with Gasteiger partial charge < -0.3 is 10.2 Å². The largest absolute Gasteiger partial charge is 0.352 e. The Balaban J connectivity index is 1.56. The minimum atomic E-state index is -4.22. The second-order valence-electron chi connectivity index (χ2n) is 11.6. The van der Waals surface area contributed by atoms with Crippen LogP contribution in [-0.4, -0.2) is 43.8 Å². The van der Waals surface area contributed by atoms with Crippen molar-refractivity contribution in [2.24, 2.45) is 0 Å². The SMILES string of the molecule is O=C(NC1CCCCC1)[C@H](Cc1ccccc1)N(Cc1ccc(Cl)c(Cl)c1)C(=O)CN(c1ccccc1)S(=O)(=O)c1ccc(Cl)cc1. The van der Waals surface area contributed by atoms with Crippen molar-refractivity contribution in [1.82, 2.24) is 10.2 Å². The van der Waals surface area contributed by atoms with Gasteiger partial charge in [-0.3, -0.25) is 13.9 Å². The molecule has 0 spiro atoms. The number of carbonyl (C=O) groups excluding carboxylic acids is 2. The van der Waals surface area contributed by atoms with E-state index in [0.29, 0.717) is 26.3 Å². The quantitative estimate of drug-likeness (QED) is 0.162. The van der Waals surface area contributed by atoms with Gasteiger partial charge >= 0.3 is 0 Å². The number of carbonyl (C=O) groups is 2. The predicted molar refractivity (Wildman–Crippen MR) is 188 cm³/mol. The van der Waals surface area contributed by atoms with Crippen LogP contribution in [0.1, 0.15) is 43.2 Å². The molecule has 11 heteroatoms. The molecule has 1 atom stereocenters. The molecule has 2 amide bonds. The first kappa shape index (κ1) is 34.8. The lowest BCUT2D eigenvalue weighted by atomic mass is 9.94. The van der Waals surface area contributed by atoms with Crippen LogP contribution >= 0.6 is 34.8 Å². The molecular weight excluding hydrogens is 677 g/mol. The Morgan fingerprint density at radius 3 is 2.04 bits per heavy atom. The van der Waals surface area contributed by atoms with E-state index in [-0.39, 0.29) is 29.8 Å². The van der Waals surface area contributed by atoms with Gasteiger partial charge in [-0.1, -0.05) is 109 Å². The van der Waals surface area contributed by atoms with Gasteiger partial charge in [-0.2, -0.15) is 0 Å². The molecule has 0 aromatic heterocycles. The molecule has 0 unspecified atom stereocenters. The molecule has 246 valence electrons. The van der Waals surface area contributed by atoms with Gasteiger partial charge in [0.15, 0.2) is 0 Å². The fourth-order valence-electron chi connectivity index (χ4n) is 5.79. The third-order valence-electron chi connectivity index (χ3n) is 8.28. The highest BCUT2D eigenvalue weighted by molar-refractivity contribution is 7.92. The van der Waals surface area contributed by atoms with Crippen LogP contribution in [0.4, 0.5) is 5.69 Å². The molecule has 1 fully saturated rings. The van der Waals surface area contributed by atoms with Crippen molar-refractivity contribution >= 4 is 62.3 Å². The Bertz CT molecular complexity index is 1770. The van der Waals surface area contributed by atoms with Crippen molar-refractivity contribution in [2.45, 2.75) is 62.0 Å². The summed E-state index contributed by atoms with van der Waals surface area (Å²) in [6.07, 6.45) is 5.13. The maximum Gasteiger partial charge on any atom is 0.264 e. The first-order valence-corrected chi connectivity index (χ1v) is 18.1. The van der Waals surface area contributed by atoms with Crippen molar-refractivity contribution in [3.05, 3.63) is 129 Å². The third kappa shape index (κ3) is 9.08. The van der Waals surface area contributed by atoms with E-state index in [1.807, 2.05) is 30.3 Å². The molecular formula is C36H36Cl3N3O4S. The average molecular weight is 713 g/mol. The lowest BCUT2D eigenvalue weighted by molar-refractivity contribution is -0.140. The lowest BCUT2D eigenvalue weighted by Crippen LogP contribution is -2.55. The van der Waals surface area contributed by atoms with Crippen LogP contribution in [-0.2, 0) is 32.6 Å². The Morgan fingerprint density at radius 2 is 1.40 bits per heavy atom. The molecule has 1 N–H and O–H groups in total. The van der Waals surface area contributed by atoms with Crippen LogP contribution in [0.5, 0.6) is 0 Å². The van der Waals surface area contributed by atoms with Gasteiger partial charge in [0.05, 0.1) is 20.6 Å². The molecule has 0 saturated heterocycles. The van der Waals surface area contributed by atoms with Crippen molar-refractivity contribution in [2.75, 3.05) is 10.8 Å². The summed E-state index contributed by atoms with van der Waals surface area (Å²) < 4.78 is 29.3. The summed E-state index contributed by atoms with van der Waals surface area (Å²) in [6.45, 7) is -0.562. The van der Waals surface area contributed by atoms with E-state index in [2.05, 4.69) is 5.32 Å². The predicted octanol–water partition coefficient (Wildman–Crippen LogP) is 7.93. The zero-order chi connectivity index (χ0) is 33.4. The summed E-state index contributed by atoms with van der Waals surface area (Å²) in [5.41, 5.74) is 1.80. The molecule has 5 rings (SSSR count). The van der Waals surface area contributed by atoms with Gasteiger partial charge in [0.2, 0.25) is 11.8 Å². The summed E-state index contributed by atoms with van der Waals surface area (Å²) in [7, 11) is -4.22. The van der Waals surface area contributed by atoms with Gasteiger partial charge in [-0.25, -0.2) is 8.42 Å². The molecule has 1 aliphatic carbocycles. The Kier molecular flexibility index (Phi) is 11.9. The highest BCUT2D eigenvalue weighted by Gasteiger charge is 2.35. The monoisotopic (exact) mass is 711 g/mol. The molecule has 1 saturated carbocycles. The van der Waals surface area contributed by atoms with Crippen LogP contribution in [0.25, 0.3) is 0 Å². The Labute approximate surface area is 291 Å². The molecule has 0 heterocycles. The number of anilines is 1. The van der Waals surface area contributed by atoms with Crippen molar-refractivity contribution < 1.29 is 18.0 Å². The summed E-state index contributed by atoms with van der Waals surface area (Å²) in [5.74, 6) is -0.849. The molecule has 47 heavy (non-hydrogen) atoms. The Hall–Kier alpha value is -3.56. The normalized spacial score (nSPS) is 14.3. The fraction of sp³-hybridized carbons (Fsp3) is 0.278. The molecule has 0 radical (unpaired) electrons. The van der Waals surface area contributed by atoms with E-state index in [0.717, 1.165) is 42.0 Å². The van der Waals surface area contributed by atoms with Crippen LogP contribution in [0.2, 0.25) is 15.1 Å². The molecule has 0 bridgehead atoms. The number of hydrogen-bond donors (Lipinski definition) is 1.